The number of anilines is 1. The van der Waals surface area contributed by atoms with E-state index >= 15 is 0 Å². The number of carboxylic acid groups (broad SMARTS) is 1. The highest BCUT2D eigenvalue weighted by Gasteiger charge is 2.46. The van der Waals surface area contributed by atoms with Crippen LogP contribution in [0.1, 0.15) is 57.9 Å². The monoisotopic (exact) mass is 538 g/mol. The molecule has 9 nitrogen and oxygen atoms in total. The number of carbonyl (C=O) groups is 2. The summed E-state index contributed by atoms with van der Waals surface area (Å²) in [5.74, 6) is -0.344. The molecule has 194 valence electrons. The minimum atomic E-state index is -0.932. The van der Waals surface area contributed by atoms with Crippen molar-refractivity contribution in [1.82, 2.24) is 19.3 Å². The Morgan fingerprint density at radius 2 is 1.92 bits per heavy atom. The largest absolute Gasteiger partial charge is 0.477 e. The van der Waals surface area contributed by atoms with Crippen LogP contribution in [0.3, 0.4) is 0 Å². The number of carboxylic acids is 1. The number of rotatable bonds is 4. The van der Waals surface area contributed by atoms with Crippen LogP contribution >= 0.6 is 22.7 Å². The summed E-state index contributed by atoms with van der Waals surface area (Å²) in [6.07, 6.45) is 6.21. The van der Waals surface area contributed by atoms with Gasteiger partial charge in [-0.05, 0) is 44.6 Å². The smallest absolute Gasteiger partial charge is 0.354 e. The third-order valence-corrected chi connectivity index (χ3v) is 8.94. The first-order valence-corrected chi connectivity index (χ1v) is 14.0. The summed E-state index contributed by atoms with van der Waals surface area (Å²) in [5, 5.41) is 11.1. The standard InChI is InChI=1S/C19H24N4OS.C7H6N2O2S/c1-11-5-7-12(8-6-11)17-16(22-19(21)25-17)18(24)23-14(10-20)9-13-3-2-4-15(13)23;1-4-5(6(10)11)9-2-3-12-7(9)8-4/h5-8,13-15H,2-4,9-10,20H2,1H3,(H2,21,22);2-3H,1H3,(H,10,11)/t13-,14-,15-;/m0./s1. The molecule has 0 radical (unpaired) electrons. The van der Waals surface area contributed by atoms with E-state index in [-0.39, 0.29) is 17.6 Å². The van der Waals surface area contributed by atoms with Gasteiger partial charge in [0.2, 0.25) is 0 Å². The zero-order valence-electron chi connectivity index (χ0n) is 20.8. The maximum absolute atomic E-state index is 13.4. The molecule has 1 aromatic carbocycles. The molecule has 1 saturated heterocycles. The molecule has 0 unspecified atom stereocenters. The number of hydrogen-bond donors (Lipinski definition) is 3. The minimum Gasteiger partial charge on any atom is -0.477 e. The van der Waals surface area contributed by atoms with Crippen LogP contribution in [0.4, 0.5) is 5.13 Å². The van der Waals surface area contributed by atoms with E-state index in [0.29, 0.717) is 35.0 Å². The highest BCUT2D eigenvalue weighted by atomic mass is 32.1. The molecule has 1 amide bonds. The number of aromatic carboxylic acids is 1. The number of aryl methyl sites for hydroxylation is 2. The number of fused-ring (bicyclic) bond motifs is 2. The van der Waals surface area contributed by atoms with E-state index in [2.05, 4.69) is 9.97 Å². The zero-order chi connectivity index (χ0) is 26.3. The number of nitrogens with two attached hydrogens (primary N) is 2. The molecule has 2 aliphatic rings. The van der Waals surface area contributed by atoms with E-state index in [1.165, 1.54) is 41.1 Å². The molecule has 5 N–H and O–H groups in total. The van der Waals surface area contributed by atoms with Gasteiger partial charge in [-0.1, -0.05) is 47.6 Å². The van der Waals surface area contributed by atoms with Gasteiger partial charge in [0.15, 0.2) is 15.8 Å². The van der Waals surface area contributed by atoms with Crippen molar-refractivity contribution in [3.8, 4) is 10.4 Å². The summed E-state index contributed by atoms with van der Waals surface area (Å²) in [6, 6.07) is 8.59. The van der Waals surface area contributed by atoms with Crippen LogP contribution in [-0.4, -0.2) is 54.9 Å². The first kappa shape index (κ1) is 25.4. The molecule has 4 aromatic rings. The molecule has 1 aliphatic carbocycles. The topological polar surface area (TPSA) is 140 Å². The van der Waals surface area contributed by atoms with Crippen LogP contribution in [0, 0.1) is 19.8 Å². The minimum absolute atomic E-state index is 0.00613. The number of nitrogen functional groups attached to an aromatic ring is 1. The Kier molecular flexibility index (Phi) is 7.02. The number of thiazole rings is 2. The fourth-order valence-corrected chi connectivity index (χ4v) is 7.16. The molecule has 0 spiro atoms. The van der Waals surface area contributed by atoms with Crippen LogP contribution in [0.2, 0.25) is 0 Å². The lowest BCUT2D eigenvalue weighted by molar-refractivity contribution is 0.0658. The maximum atomic E-state index is 13.4. The summed E-state index contributed by atoms with van der Waals surface area (Å²) in [4.78, 5) is 36.2. The molecule has 6 rings (SSSR count). The van der Waals surface area contributed by atoms with Crippen molar-refractivity contribution in [3.63, 3.8) is 0 Å². The van der Waals surface area contributed by atoms with Gasteiger partial charge in [-0.2, -0.15) is 0 Å². The van der Waals surface area contributed by atoms with Crippen molar-refractivity contribution in [2.24, 2.45) is 11.7 Å². The Labute approximate surface area is 222 Å². The summed E-state index contributed by atoms with van der Waals surface area (Å²) in [7, 11) is 0. The summed E-state index contributed by atoms with van der Waals surface area (Å²) < 4.78 is 1.59. The molecule has 0 bridgehead atoms. The van der Waals surface area contributed by atoms with E-state index in [4.69, 9.17) is 16.6 Å². The highest BCUT2D eigenvalue weighted by molar-refractivity contribution is 7.19. The Morgan fingerprint density at radius 3 is 2.62 bits per heavy atom. The van der Waals surface area contributed by atoms with Crippen LogP contribution in [0.5, 0.6) is 0 Å². The number of nitrogens with zero attached hydrogens (tertiary/aromatic N) is 4. The summed E-state index contributed by atoms with van der Waals surface area (Å²) in [6.45, 7) is 4.26. The fourth-order valence-electron chi connectivity index (χ4n) is 5.57. The predicted octanol–water partition coefficient (Wildman–Crippen LogP) is 4.45. The quantitative estimate of drug-likeness (QED) is 0.349. The second-order valence-corrected chi connectivity index (χ2v) is 11.5. The normalized spacial score (nSPS) is 20.6. The SMILES string of the molecule is Cc1ccc(-c2sc(N)nc2C(=O)N2[C@H](CN)C[C@@H]3CCC[C@@H]32)cc1.Cc1nc2sccn2c1C(=O)O. The molecule has 4 heterocycles. The Morgan fingerprint density at radius 1 is 1.16 bits per heavy atom. The van der Waals surface area contributed by atoms with Crippen LogP contribution in [-0.2, 0) is 0 Å². The van der Waals surface area contributed by atoms with Crippen LogP contribution in [0.25, 0.3) is 15.4 Å². The van der Waals surface area contributed by atoms with Crippen LogP contribution in [0.15, 0.2) is 35.8 Å². The van der Waals surface area contributed by atoms with Crippen molar-refractivity contribution in [2.45, 2.75) is 51.6 Å². The van der Waals surface area contributed by atoms with Gasteiger partial charge in [0.05, 0.1) is 10.6 Å². The second kappa shape index (κ2) is 10.2. The van der Waals surface area contributed by atoms with Crippen molar-refractivity contribution in [3.05, 3.63) is 58.5 Å². The number of likely N-dealkylation sites (tertiary alicyclic amines) is 1. The Bertz CT molecular complexity index is 1440. The van der Waals surface area contributed by atoms with Crippen molar-refractivity contribution in [1.29, 1.82) is 0 Å². The highest BCUT2D eigenvalue weighted by Crippen LogP contribution is 2.43. The van der Waals surface area contributed by atoms with E-state index in [0.717, 1.165) is 28.2 Å². The average Bonchev–Trinajstić information content (AvgIpc) is 3.65. The number of carbonyl (C=O) groups excluding carboxylic acids is 1. The van der Waals surface area contributed by atoms with Gasteiger partial charge in [-0.15, -0.1) is 11.3 Å². The first-order chi connectivity index (χ1) is 17.8. The number of benzene rings is 1. The fraction of sp³-hybridized carbons (Fsp3) is 0.385. The van der Waals surface area contributed by atoms with Gasteiger partial charge < -0.3 is 21.5 Å². The van der Waals surface area contributed by atoms with Crippen LogP contribution < -0.4 is 11.5 Å². The summed E-state index contributed by atoms with van der Waals surface area (Å²) in [5.41, 5.74) is 15.4. The van der Waals surface area contributed by atoms with E-state index in [1.54, 1.807) is 17.5 Å². The van der Waals surface area contributed by atoms with E-state index in [9.17, 15) is 9.59 Å². The number of imidazole rings is 1. The van der Waals surface area contributed by atoms with Gasteiger partial charge in [0, 0.05) is 30.2 Å². The van der Waals surface area contributed by atoms with E-state index in [1.807, 2.05) is 41.5 Å². The molecule has 1 aliphatic heterocycles. The van der Waals surface area contributed by atoms with Gasteiger partial charge in [0.1, 0.15) is 5.69 Å². The molecule has 3 aromatic heterocycles. The molecule has 3 atom stereocenters. The third kappa shape index (κ3) is 4.74. The van der Waals surface area contributed by atoms with E-state index < -0.39 is 5.97 Å². The first-order valence-electron chi connectivity index (χ1n) is 12.3. The Hall–Kier alpha value is -3.28. The molecular formula is C26H30N6O3S2. The molecule has 2 fully saturated rings. The predicted molar refractivity (Wildman–Crippen MR) is 146 cm³/mol. The van der Waals surface area contributed by atoms with Gasteiger partial charge >= 0.3 is 5.97 Å². The summed E-state index contributed by atoms with van der Waals surface area (Å²) >= 11 is 2.81. The van der Waals surface area contributed by atoms with Crippen molar-refractivity contribution < 1.29 is 14.7 Å². The lowest BCUT2D eigenvalue weighted by Gasteiger charge is -2.29. The molecule has 1 saturated carbocycles. The lowest BCUT2D eigenvalue weighted by Crippen LogP contribution is -2.44. The lowest BCUT2D eigenvalue weighted by atomic mass is 10.0. The number of amides is 1. The maximum Gasteiger partial charge on any atom is 0.354 e. The van der Waals surface area contributed by atoms with Gasteiger partial charge in [-0.3, -0.25) is 9.20 Å². The van der Waals surface area contributed by atoms with Gasteiger partial charge in [0.25, 0.3) is 5.91 Å². The second-order valence-electron chi connectivity index (χ2n) is 9.60. The molecular weight excluding hydrogens is 508 g/mol. The number of aromatic nitrogens is 3. The van der Waals surface area contributed by atoms with Crippen molar-refractivity contribution in [2.75, 3.05) is 12.3 Å². The Balaban J connectivity index is 0.000000195. The van der Waals surface area contributed by atoms with Crippen molar-refractivity contribution >= 4 is 44.6 Å². The molecule has 37 heavy (non-hydrogen) atoms. The van der Waals surface area contributed by atoms with Gasteiger partial charge in [-0.25, -0.2) is 14.8 Å². The zero-order valence-corrected chi connectivity index (χ0v) is 22.4. The average molecular weight is 539 g/mol. The third-order valence-electron chi connectivity index (χ3n) is 7.25. The molecule has 11 heteroatoms. The number of hydrogen-bond acceptors (Lipinski definition) is 8.